The van der Waals surface area contributed by atoms with Crippen LogP contribution in [0.25, 0.3) is 0 Å². The van der Waals surface area contributed by atoms with E-state index in [1.807, 2.05) is 4.90 Å². The first-order valence-corrected chi connectivity index (χ1v) is 10.2. The van der Waals surface area contributed by atoms with Gasteiger partial charge in [-0.15, -0.1) is 0 Å². The molecule has 0 unspecified atom stereocenters. The molecule has 1 aliphatic carbocycles. The van der Waals surface area contributed by atoms with Gasteiger partial charge in [-0.25, -0.2) is 0 Å². The minimum atomic E-state index is -0.0961. The maximum absolute atomic E-state index is 13.1. The third-order valence-electron chi connectivity index (χ3n) is 5.35. The highest BCUT2D eigenvalue weighted by atomic mass is 16.4. The number of nitrogens with zero attached hydrogens (tertiary/aromatic N) is 2. The van der Waals surface area contributed by atoms with Crippen molar-refractivity contribution in [3.05, 3.63) is 93.8 Å². The molecule has 1 amide bonds. The van der Waals surface area contributed by atoms with Gasteiger partial charge >= 0.3 is 0 Å². The molecule has 0 aliphatic heterocycles. The van der Waals surface area contributed by atoms with Crippen LogP contribution in [0.1, 0.15) is 60.0 Å². The van der Waals surface area contributed by atoms with Crippen LogP contribution in [-0.2, 0) is 13.1 Å². The summed E-state index contributed by atoms with van der Waals surface area (Å²) in [4.78, 5) is 26.9. The molecular formula is C24H26N2O3. The molecule has 0 bridgehead atoms. The minimum absolute atomic E-state index is 0.0907. The molecule has 0 atom stereocenters. The van der Waals surface area contributed by atoms with Gasteiger partial charge in [-0.05, 0) is 48.1 Å². The predicted molar refractivity (Wildman–Crippen MR) is 112 cm³/mol. The Morgan fingerprint density at radius 2 is 1.86 bits per heavy atom. The van der Waals surface area contributed by atoms with E-state index in [0.29, 0.717) is 30.5 Å². The Bertz CT molecular complexity index is 1040. The number of hydrogen-bond acceptors (Lipinski definition) is 3. The normalized spacial score (nSPS) is 13.6. The van der Waals surface area contributed by atoms with Crippen LogP contribution in [0.3, 0.4) is 0 Å². The average molecular weight is 390 g/mol. The summed E-state index contributed by atoms with van der Waals surface area (Å²) in [5.74, 6) is 1.32. The Morgan fingerprint density at radius 1 is 1.10 bits per heavy atom. The number of pyridine rings is 1. The van der Waals surface area contributed by atoms with Gasteiger partial charge in [0.2, 0.25) is 0 Å². The van der Waals surface area contributed by atoms with Crippen LogP contribution in [0, 0.1) is 0 Å². The van der Waals surface area contributed by atoms with Gasteiger partial charge in [0.25, 0.3) is 11.5 Å². The largest absolute Gasteiger partial charge is 0.454 e. The van der Waals surface area contributed by atoms with E-state index in [1.54, 1.807) is 35.0 Å². The molecular weight excluding hydrogens is 364 g/mol. The second-order valence-electron chi connectivity index (χ2n) is 7.99. The molecule has 0 saturated heterocycles. The lowest BCUT2D eigenvalue weighted by Crippen LogP contribution is -2.32. The number of furan rings is 1. The van der Waals surface area contributed by atoms with E-state index < -0.39 is 0 Å². The lowest BCUT2D eigenvalue weighted by Gasteiger charge is -2.21. The molecule has 1 aromatic carbocycles. The van der Waals surface area contributed by atoms with Gasteiger partial charge in [0.1, 0.15) is 5.76 Å². The van der Waals surface area contributed by atoms with Crippen molar-refractivity contribution >= 4 is 5.91 Å². The van der Waals surface area contributed by atoms with Gasteiger partial charge in [-0.1, -0.05) is 44.2 Å². The molecule has 1 saturated carbocycles. The van der Waals surface area contributed by atoms with Crippen LogP contribution in [-0.4, -0.2) is 21.4 Å². The van der Waals surface area contributed by atoms with Crippen LogP contribution in [0.2, 0.25) is 0 Å². The van der Waals surface area contributed by atoms with Crippen molar-refractivity contribution in [2.45, 2.75) is 51.7 Å². The summed E-state index contributed by atoms with van der Waals surface area (Å²) in [6.07, 6.45) is 3.77. The van der Waals surface area contributed by atoms with Crippen molar-refractivity contribution in [1.82, 2.24) is 9.47 Å². The third kappa shape index (κ3) is 4.50. The lowest BCUT2D eigenvalue weighted by molar-refractivity contribution is 0.0695. The van der Waals surface area contributed by atoms with Crippen LogP contribution in [0.15, 0.2) is 70.0 Å². The highest BCUT2D eigenvalue weighted by Crippen LogP contribution is 2.30. The van der Waals surface area contributed by atoms with Crippen LogP contribution in [0.4, 0.5) is 0 Å². The van der Waals surface area contributed by atoms with Crippen molar-refractivity contribution in [2.75, 3.05) is 0 Å². The van der Waals surface area contributed by atoms with E-state index in [0.717, 1.165) is 18.4 Å². The molecule has 4 rings (SSSR count). The van der Waals surface area contributed by atoms with E-state index in [2.05, 4.69) is 38.1 Å². The van der Waals surface area contributed by atoms with E-state index in [9.17, 15) is 9.59 Å². The molecule has 1 fully saturated rings. The zero-order chi connectivity index (χ0) is 20.4. The molecule has 3 aromatic rings. The lowest BCUT2D eigenvalue weighted by atomic mass is 10.0. The second-order valence-corrected chi connectivity index (χ2v) is 7.99. The average Bonchev–Trinajstić information content (AvgIpc) is 3.46. The van der Waals surface area contributed by atoms with Gasteiger partial charge in [0.15, 0.2) is 5.76 Å². The van der Waals surface area contributed by atoms with Crippen LogP contribution < -0.4 is 5.56 Å². The summed E-state index contributed by atoms with van der Waals surface area (Å²) in [6, 6.07) is 17.3. The number of amides is 1. The van der Waals surface area contributed by atoms with Crippen molar-refractivity contribution in [3.63, 3.8) is 0 Å². The topological polar surface area (TPSA) is 55.5 Å². The molecule has 29 heavy (non-hydrogen) atoms. The second kappa shape index (κ2) is 8.11. The fourth-order valence-electron chi connectivity index (χ4n) is 3.44. The highest BCUT2D eigenvalue weighted by molar-refractivity contribution is 5.92. The Labute approximate surface area is 170 Å². The zero-order valence-corrected chi connectivity index (χ0v) is 16.9. The predicted octanol–water partition coefficient (Wildman–Crippen LogP) is 4.42. The summed E-state index contributed by atoms with van der Waals surface area (Å²) < 4.78 is 7.36. The maximum Gasteiger partial charge on any atom is 0.290 e. The molecule has 1 aliphatic rings. The van der Waals surface area contributed by atoms with E-state index in [4.69, 9.17) is 4.42 Å². The number of benzene rings is 1. The Balaban J connectivity index is 1.48. The van der Waals surface area contributed by atoms with E-state index in [-0.39, 0.29) is 17.5 Å². The first-order chi connectivity index (χ1) is 14.0. The SMILES string of the molecule is CC(C)c1ccc(CN(C(=O)c2ccc(Cn3ccccc3=O)o2)C2CC2)cc1. The fraction of sp³-hybridized carbons (Fsp3) is 0.333. The summed E-state index contributed by atoms with van der Waals surface area (Å²) in [5.41, 5.74) is 2.32. The van der Waals surface area contributed by atoms with Gasteiger partial charge < -0.3 is 13.9 Å². The molecule has 2 aromatic heterocycles. The Morgan fingerprint density at radius 3 is 2.52 bits per heavy atom. The van der Waals surface area contributed by atoms with Crippen LogP contribution >= 0.6 is 0 Å². The van der Waals surface area contributed by atoms with Crippen molar-refractivity contribution in [2.24, 2.45) is 0 Å². The summed E-state index contributed by atoms with van der Waals surface area (Å²) in [6.45, 7) is 5.24. The zero-order valence-electron chi connectivity index (χ0n) is 16.9. The molecule has 0 radical (unpaired) electrons. The standard InChI is InChI=1S/C24H26N2O3/c1-17(2)19-8-6-18(7-9-19)15-26(20-10-11-20)24(28)22-13-12-21(29-22)16-25-14-4-3-5-23(25)27/h3-9,12-14,17,20H,10-11,15-16H2,1-2H3. The smallest absolute Gasteiger partial charge is 0.290 e. The molecule has 0 spiro atoms. The van der Waals surface area contributed by atoms with Crippen molar-refractivity contribution in [1.29, 1.82) is 0 Å². The van der Waals surface area contributed by atoms with Gasteiger partial charge in [-0.3, -0.25) is 9.59 Å². The quantitative estimate of drug-likeness (QED) is 0.600. The van der Waals surface area contributed by atoms with E-state index >= 15 is 0 Å². The monoisotopic (exact) mass is 390 g/mol. The summed E-state index contributed by atoms with van der Waals surface area (Å²) >= 11 is 0. The third-order valence-corrected chi connectivity index (χ3v) is 5.35. The number of hydrogen-bond donors (Lipinski definition) is 0. The number of carbonyl (C=O) groups excluding carboxylic acids is 1. The van der Waals surface area contributed by atoms with Crippen molar-refractivity contribution < 1.29 is 9.21 Å². The number of aromatic nitrogens is 1. The molecule has 5 nitrogen and oxygen atoms in total. The van der Waals surface area contributed by atoms with Gasteiger partial charge in [0, 0.05) is 24.8 Å². The molecule has 150 valence electrons. The number of carbonyl (C=O) groups is 1. The summed E-state index contributed by atoms with van der Waals surface area (Å²) in [5, 5.41) is 0. The molecule has 5 heteroatoms. The van der Waals surface area contributed by atoms with Gasteiger partial charge in [0.05, 0.1) is 6.54 Å². The Kier molecular flexibility index (Phi) is 5.38. The first-order valence-electron chi connectivity index (χ1n) is 10.2. The first kappa shape index (κ1) is 19.2. The highest BCUT2D eigenvalue weighted by Gasteiger charge is 2.34. The maximum atomic E-state index is 13.1. The van der Waals surface area contributed by atoms with Crippen LogP contribution in [0.5, 0.6) is 0 Å². The fourth-order valence-corrected chi connectivity index (χ4v) is 3.44. The van der Waals surface area contributed by atoms with Crippen molar-refractivity contribution in [3.8, 4) is 0 Å². The minimum Gasteiger partial charge on any atom is -0.454 e. The molecule has 2 heterocycles. The number of rotatable bonds is 7. The summed E-state index contributed by atoms with van der Waals surface area (Å²) in [7, 11) is 0. The van der Waals surface area contributed by atoms with Gasteiger partial charge in [-0.2, -0.15) is 0 Å². The Hall–Kier alpha value is -3.08. The molecule has 0 N–H and O–H groups in total. The van der Waals surface area contributed by atoms with E-state index in [1.165, 1.54) is 11.6 Å².